The zero-order valence-corrected chi connectivity index (χ0v) is 18.4. The third-order valence-electron chi connectivity index (χ3n) is 4.57. The van der Waals surface area contributed by atoms with Crippen molar-refractivity contribution in [1.29, 1.82) is 0 Å². The lowest BCUT2D eigenvalue weighted by Gasteiger charge is -2.17. The SMILES string of the molecule is COc1cc(C(=O)NNC(=O)c2cccc(N3CCCS3(=O)=O)c2)ccc1OC(C)C. The Balaban J connectivity index is 1.67. The number of methoxy groups -OCH3 is 1. The minimum Gasteiger partial charge on any atom is -0.493 e. The van der Waals surface area contributed by atoms with Crippen LogP contribution in [0.25, 0.3) is 0 Å². The molecular weight excluding hydrogens is 422 g/mol. The highest BCUT2D eigenvalue weighted by molar-refractivity contribution is 7.93. The number of sulfonamides is 1. The quantitative estimate of drug-likeness (QED) is 0.656. The molecule has 2 N–H and O–H groups in total. The normalized spacial score (nSPS) is 14.9. The molecule has 10 heteroatoms. The van der Waals surface area contributed by atoms with Gasteiger partial charge in [0, 0.05) is 17.7 Å². The van der Waals surface area contributed by atoms with E-state index in [9.17, 15) is 18.0 Å². The van der Waals surface area contributed by atoms with E-state index in [4.69, 9.17) is 9.47 Å². The second kappa shape index (κ2) is 9.25. The molecule has 2 aromatic rings. The van der Waals surface area contributed by atoms with Gasteiger partial charge in [0.1, 0.15) is 0 Å². The number of nitrogens with zero attached hydrogens (tertiary/aromatic N) is 1. The van der Waals surface area contributed by atoms with Gasteiger partial charge in [0.15, 0.2) is 11.5 Å². The summed E-state index contributed by atoms with van der Waals surface area (Å²) in [5.74, 6) is -0.122. The molecular formula is C21H25N3O6S. The van der Waals surface area contributed by atoms with Crippen molar-refractivity contribution in [2.75, 3.05) is 23.7 Å². The van der Waals surface area contributed by atoms with Crippen LogP contribution in [0.4, 0.5) is 5.69 Å². The van der Waals surface area contributed by atoms with Crippen LogP contribution in [0.15, 0.2) is 42.5 Å². The Kier molecular flexibility index (Phi) is 6.69. The van der Waals surface area contributed by atoms with E-state index < -0.39 is 21.8 Å². The van der Waals surface area contributed by atoms with Gasteiger partial charge in [-0.3, -0.25) is 24.7 Å². The van der Waals surface area contributed by atoms with Gasteiger partial charge in [-0.2, -0.15) is 0 Å². The summed E-state index contributed by atoms with van der Waals surface area (Å²) in [7, 11) is -1.88. The van der Waals surface area contributed by atoms with E-state index in [-0.39, 0.29) is 23.0 Å². The highest BCUT2D eigenvalue weighted by Crippen LogP contribution is 2.29. The van der Waals surface area contributed by atoms with Crippen LogP contribution in [0.5, 0.6) is 11.5 Å². The molecule has 1 fully saturated rings. The number of rotatable bonds is 6. The molecule has 0 radical (unpaired) electrons. The maximum atomic E-state index is 12.5. The Morgan fingerprint density at radius 2 is 1.68 bits per heavy atom. The van der Waals surface area contributed by atoms with E-state index in [0.717, 1.165) is 0 Å². The average molecular weight is 448 g/mol. The van der Waals surface area contributed by atoms with Gasteiger partial charge in [-0.05, 0) is 56.7 Å². The summed E-state index contributed by atoms with van der Waals surface area (Å²) in [6.45, 7) is 4.13. The lowest BCUT2D eigenvalue weighted by Crippen LogP contribution is -2.41. The Morgan fingerprint density at radius 1 is 1.00 bits per heavy atom. The first-order valence-electron chi connectivity index (χ1n) is 9.77. The van der Waals surface area contributed by atoms with Crippen molar-refractivity contribution in [2.24, 2.45) is 0 Å². The van der Waals surface area contributed by atoms with Crippen molar-refractivity contribution in [3.63, 3.8) is 0 Å². The zero-order valence-electron chi connectivity index (χ0n) is 17.5. The molecule has 1 heterocycles. The standard InChI is InChI=1S/C21H25N3O6S/c1-14(2)30-18-9-8-16(13-19(18)29-3)21(26)23-22-20(25)15-6-4-7-17(12-15)24-10-5-11-31(24,27)28/h4,6-9,12-14H,5,10-11H2,1-3H3,(H,22,25)(H,23,26). The molecule has 1 aliphatic rings. The number of amides is 2. The van der Waals surface area contributed by atoms with Crippen molar-refractivity contribution < 1.29 is 27.5 Å². The van der Waals surface area contributed by atoms with E-state index in [0.29, 0.717) is 30.2 Å². The second-order valence-corrected chi connectivity index (χ2v) is 9.25. The summed E-state index contributed by atoms with van der Waals surface area (Å²) in [6.07, 6.45) is 0.485. The molecule has 0 unspecified atom stereocenters. The van der Waals surface area contributed by atoms with Crippen LogP contribution in [-0.2, 0) is 10.0 Å². The smallest absolute Gasteiger partial charge is 0.269 e. The van der Waals surface area contributed by atoms with Gasteiger partial charge in [-0.15, -0.1) is 0 Å². The van der Waals surface area contributed by atoms with E-state index >= 15 is 0 Å². The fraction of sp³-hybridized carbons (Fsp3) is 0.333. The highest BCUT2D eigenvalue weighted by atomic mass is 32.2. The summed E-state index contributed by atoms with van der Waals surface area (Å²) in [5.41, 5.74) is 5.60. The third-order valence-corrected chi connectivity index (χ3v) is 6.44. The lowest BCUT2D eigenvalue weighted by atomic mass is 10.2. The number of ether oxygens (including phenoxy) is 2. The van der Waals surface area contributed by atoms with Gasteiger partial charge in [0.2, 0.25) is 10.0 Å². The molecule has 0 saturated carbocycles. The first kappa shape index (κ1) is 22.4. The first-order chi connectivity index (χ1) is 14.7. The molecule has 3 rings (SSSR count). The minimum atomic E-state index is -3.35. The van der Waals surface area contributed by atoms with E-state index in [1.165, 1.54) is 29.6 Å². The second-order valence-electron chi connectivity index (χ2n) is 7.23. The van der Waals surface area contributed by atoms with Crippen LogP contribution in [-0.4, -0.2) is 45.7 Å². The lowest BCUT2D eigenvalue weighted by molar-refractivity contribution is 0.0846. The summed E-state index contributed by atoms with van der Waals surface area (Å²) >= 11 is 0. The van der Waals surface area contributed by atoms with Crippen LogP contribution in [0.2, 0.25) is 0 Å². The number of carbonyl (C=O) groups is 2. The zero-order chi connectivity index (χ0) is 22.6. The number of carbonyl (C=O) groups excluding carboxylic acids is 2. The van der Waals surface area contributed by atoms with Crippen molar-refractivity contribution in [3.8, 4) is 11.5 Å². The monoisotopic (exact) mass is 447 g/mol. The molecule has 2 aromatic carbocycles. The molecule has 31 heavy (non-hydrogen) atoms. The van der Waals surface area contributed by atoms with E-state index in [1.54, 1.807) is 24.3 Å². The Labute approximate surface area is 181 Å². The average Bonchev–Trinajstić information content (AvgIpc) is 3.10. The van der Waals surface area contributed by atoms with Gasteiger partial charge < -0.3 is 9.47 Å². The molecule has 1 aliphatic heterocycles. The van der Waals surface area contributed by atoms with Crippen LogP contribution < -0.4 is 24.6 Å². The molecule has 1 saturated heterocycles. The summed E-state index contributed by atoms with van der Waals surface area (Å²) < 4.78 is 36.4. The Hall–Kier alpha value is -3.27. The number of nitrogens with one attached hydrogen (secondary N) is 2. The molecule has 0 bridgehead atoms. The van der Waals surface area contributed by atoms with Gasteiger partial charge >= 0.3 is 0 Å². The van der Waals surface area contributed by atoms with Crippen LogP contribution >= 0.6 is 0 Å². The van der Waals surface area contributed by atoms with Gasteiger partial charge in [0.05, 0.1) is 24.7 Å². The molecule has 2 amide bonds. The largest absolute Gasteiger partial charge is 0.493 e. The molecule has 9 nitrogen and oxygen atoms in total. The highest BCUT2D eigenvalue weighted by Gasteiger charge is 2.28. The molecule has 166 valence electrons. The summed E-state index contributed by atoms with van der Waals surface area (Å²) in [6, 6.07) is 10.9. The molecule has 0 spiro atoms. The number of hydrogen-bond acceptors (Lipinski definition) is 6. The molecule has 0 aliphatic carbocycles. The number of hydrogen-bond donors (Lipinski definition) is 2. The summed E-state index contributed by atoms with van der Waals surface area (Å²) in [4.78, 5) is 24.9. The van der Waals surface area contributed by atoms with Crippen molar-refractivity contribution in [2.45, 2.75) is 26.4 Å². The van der Waals surface area contributed by atoms with Crippen molar-refractivity contribution in [3.05, 3.63) is 53.6 Å². The molecule has 0 aromatic heterocycles. The van der Waals surface area contributed by atoms with Crippen LogP contribution in [0, 0.1) is 0 Å². The third kappa shape index (κ3) is 5.26. The Bertz CT molecular complexity index is 1080. The fourth-order valence-corrected chi connectivity index (χ4v) is 4.71. The number of benzene rings is 2. The minimum absolute atomic E-state index is 0.0563. The predicted octanol–water partition coefficient (Wildman–Crippen LogP) is 2.10. The van der Waals surface area contributed by atoms with Crippen LogP contribution in [0.1, 0.15) is 41.0 Å². The Morgan fingerprint density at radius 3 is 2.26 bits per heavy atom. The first-order valence-corrected chi connectivity index (χ1v) is 11.4. The van der Waals surface area contributed by atoms with Gasteiger partial charge in [0.25, 0.3) is 11.8 Å². The topological polar surface area (TPSA) is 114 Å². The molecule has 0 atom stereocenters. The fourth-order valence-electron chi connectivity index (χ4n) is 3.15. The number of anilines is 1. The van der Waals surface area contributed by atoms with Crippen molar-refractivity contribution in [1.82, 2.24) is 10.9 Å². The van der Waals surface area contributed by atoms with Crippen molar-refractivity contribution >= 4 is 27.5 Å². The van der Waals surface area contributed by atoms with Gasteiger partial charge in [-0.1, -0.05) is 6.07 Å². The maximum Gasteiger partial charge on any atom is 0.269 e. The van der Waals surface area contributed by atoms with E-state index in [1.807, 2.05) is 13.8 Å². The number of hydrazine groups is 1. The maximum absolute atomic E-state index is 12.5. The predicted molar refractivity (Wildman–Crippen MR) is 116 cm³/mol. The van der Waals surface area contributed by atoms with E-state index in [2.05, 4.69) is 10.9 Å². The van der Waals surface area contributed by atoms with Crippen LogP contribution in [0.3, 0.4) is 0 Å². The summed E-state index contributed by atoms with van der Waals surface area (Å²) in [5, 5.41) is 0. The van der Waals surface area contributed by atoms with Gasteiger partial charge in [-0.25, -0.2) is 8.42 Å².